The Morgan fingerprint density at radius 3 is 2.17 bits per heavy atom. The Labute approximate surface area is 101 Å². The third-order valence-electron chi connectivity index (χ3n) is 4.26. The van der Waals surface area contributed by atoms with E-state index in [-0.39, 0.29) is 6.42 Å². The summed E-state index contributed by atoms with van der Waals surface area (Å²) in [5, 5.41) is 0. The van der Waals surface area contributed by atoms with Crippen molar-refractivity contribution < 1.29 is 26.7 Å². The van der Waals surface area contributed by atoms with E-state index < -0.39 is 48.1 Å². The Morgan fingerprint density at radius 1 is 1.17 bits per heavy atom. The minimum absolute atomic E-state index is 0.0305. The molecule has 2 nitrogen and oxygen atoms in total. The van der Waals surface area contributed by atoms with Crippen molar-refractivity contribution in [3.05, 3.63) is 0 Å². The van der Waals surface area contributed by atoms with Gasteiger partial charge in [0.15, 0.2) is 0 Å². The summed E-state index contributed by atoms with van der Waals surface area (Å²) < 4.78 is 65.8. The van der Waals surface area contributed by atoms with E-state index >= 15 is 0 Å². The van der Waals surface area contributed by atoms with Crippen LogP contribution in [0.1, 0.15) is 32.1 Å². The van der Waals surface area contributed by atoms with E-state index in [0.29, 0.717) is 12.8 Å². The van der Waals surface area contributed by atoms with Crippen LogP contribution >= 0.6 is 0 Å². The fourth-order valence-electron chi connectivity index (χ4n) is 3.14. The molecular formula is C11H14F5NO. The zero-order valence-corrected chi connectivity index (χ0v) is 9.57. The highest BCUT2D eigenvalue weighted by molar-refractivity contribution is 5.85. The third kappa shape index (κ3) is 1.78. The zero-order valence-electron chi connectivity index (χ0n) is 9.57. The van der Waals surface area contributed by atoms with Gasteiger partial charge < -0.3 is 5.73 Å². The molecule has 0 aliphatic heterocycles. The first kappa shape index (κ1) is 13.5. The lowest BCUT2D eigenvalue weighted by Crippen LogP contribution is -2.43. The molecule has 0 heterocycles. The lowest BCUT2D eigenvalue weighted by molar-refractivity contribution is -0.201. The maximum Gasteiger partial charge on any atom is 0.403 e. The summed E-state index contributed by atoms with van der Waals surface area (Å²) in [6.45, 7) is 0. The van der Waals surface area contributed by atoms with Crippen LogP contribution in [0.2, 0.25) is 0 Å². The first-order valence-electron chi connectivity index (χ1n) is 5.87. The summed E-state index contributed by atoms with van der Waals surface area (Å²) in [5.41, 5.74) is 2.08. The van der Waals surface area contributed by atoms with Crippen molar-refractivity contribution in [2.24, 2.45) is 23.0 Å². The van der Waals surface area contributed by atoms with Gasteiger partial charge >= 0.3 is 6.18 Å². The molecule has 0 aromatic carbocycles. The SMILES string of the molecule is NC(=O)C1(C(F)(F)F)CC1C1CCCCC1(F)F. The molecule has 2 N–H and O–H groups in total. The molecule has 7 heteroatoms. The van der Waals surface area contributed by atoms with Crippen LogP contribution in [0.5, 0.6) is 0 Å². The Bertz CT molecular complexity index is 367. The third-order valence-corrected chi connectivity index (χ3v) is 4.26. The van der Waals surface area contributed by atoms with Crippen molar-refractivity contribution in [1.82, 2.24) is 0 Å². The van der Waals surface area contributed by atoms with Gasteiger partial charge in [-0.25, -0.2) is 8.78 Å². The average Bonchev–Trinajstić information content (AvgIpc) is 2.92. The van der Waals surface area contributed by atoms with Crippen LogP contribution < -0.4 is 5.73 Å². The van der Waals surface area contributed by atoms with E-state index in [0.717, 1.165) is 0 Å². The topological polar surface area (TPSA) is 43.1 Å². The summed E-state index contributed by atoms with van der Waals surface area (Å²) in [6.07, 6.45) is -5.01. The van der Waals surface area contributed by atoms with Crippen LogP contribution in [0.3, 0.4) is 0 Å². The summed E-state index contributed by atoms with van der Waals surface area (Å²) in [7, 11) is 0. The van der Waals surface area contributed by atoms with E-state index in [1.165, 1.54) is 0 Å². The minimum atomic E-state index is -4.84. The smallest absolute Gasteiger partial charge is 0.369 e. The molecule has 2 rings (SSSR count). The highest BCUT2D eigenvalue weighted by Gasteiger charge is 2.78. The van der Waals surface area contributed by atoms with Gasteiger partial charge in [0.25, 0.3) is 5.92 Å². The normalized spacial score (nSPS) is 39.4. The fourth-order valence-corrected chi connectivity index (χ4v) is 3.14. The molecule has 3 atom stereocenters. The van der Waals surface area contributed by atoms with Gasteiger partial charge in [-0.2, -0.15) is 13.2 Å². The zero-order chi connectivity index (χ0) is 13.8. The molecule has 0 aromatic heterocycles. The van der Waals surface area contributed by atoms with Crippen molar-refractivity contribution in [2.45, 2.75) is 44.2 Å². The number of amides is 1. The largest absolute Gasteiger partial charge is 0.403 e. The van der Waals surface area contributed by atoms with Gasteiger partial charge in [-0.1, -0.05) is 6.42 Å². The predicted molar refractivity (Wildman–Crippen MR) is 52.7 cm³/mol. The molecule has 0 radical (unpaired) electrons. The van der Waals surface area contributed by atoms with E-state index in [9.17, 15) is 26.7 Å². The van der Waals surface area contributed by atoms with Gasteiger partial charge in [-0.05, 0) is 25.2 Å². The van der Waals surface area contributed by atoms with Crippen molar-refractivity contribution in [3.63, 3.8) is 0 Å². The Balaban J connectivity index is 2.24. The maximum absolute atomic E-state index is 13.6. The van der Waals surface area contributed by atoms with Gasteiger partial charge in [0.1, 0.15) is 5.41 Å². The second kappa shape index (κ2) is 3.81. The number of rotatable bonds is 2. The highest BCUT2D eigenvalue weighted by atomic mass is 19.4. The van der Waals surface area contributed by atoms with Gasteiger partial charge in [0.2, 0.25) is 5.91 Å². The predicted octanol–water partition coefficient (Wildman–Crippen LogP) is 2.87. The van der Waals surface area contributed by atoms with Gasteiger partial charge in [-0.3, -0.25) is 4.79 Å². The van der Waals surface area contributed by atoms with E-state index in [2.05, 4.69) is 0 Å². The van der Waals surface area contributed by atoms with Crippen LogP contribution in [0.15, 0.2) is 0 Å². The number of nitrogens with two attached hydrogens (primary N) is 1. The van der Waals surface area contributed by atoms with Crippen LogP contribution in [-0.2, 0) is 4.79 Å². The van der Waals surface area contributed by atoms with Crippen LogP contribution in [0.25, 0.3) is 0 Å². The monoisotopic (exact) mass is 271 g/mol. The Morgan fingerprint density at radius 2 is 1.78 bits per heavy atom. The van der Waals surface area contributed by atoms with Crippen LogP contribution in [-0.4, -0.2) is 18.0 Å². The van der Waals surface area contributed by atoms with Crippen LogP contribution in [0.4, 0.5) is 22.0 Å². The van der Waals surface area contributed by atoms with Crippen molar-refractivity contribution in [1.29, 1.82) is 0 Å². The maximum atomic E-state index is 13.6. The summed E-state index contributed by atoms with van der Waals surface area (Å²) in [5.74, 6) is -7.38. The molecule has 2 saturated carbocycles. The standard InChI is InChI=1S/C11H14F5NO/c12-10(13)4-2-1-3-6(10)7-5-9(7,8(17)18)11(14,15)16/h6-7H,1-5H2,(H2,17,18). The van der Waals surface area contributed by atoms with Crippen molar-refractivity contribution in [3.8, 4) is 0 Å². The lowest BCUT2D eigenvalue weighted by Gasteiger charge is -2.33. The molecule has 104 valence electrons. The molecule has 2 aliphatic carbocycles. The molecule has 1 amide bonds. The van der Waals surface area contributed by atoms with Gasteiger partial charge in [-0.15, -0.1) is 0 Å². The Hall–Kier alpha value is -0.880. The van der Waals surface area contributed by atoms with Crippen molar-refractivity contribution >= 4 is 5.91 Å². The molecule has 0 bridgehead atoms. The fraction of sp³-hybridized carbons (Fsp3) is 0.909. The van der Waals surface area contributed by atoms with E-state index in [1.54, 1.807) is 0 Å². The second-order valence-corrected chi connectivity index (χ2v) is 5.26. The molecule has 2 fully saturated rings. The Kier molecular flexibility index (Phi) is 2.86. The first-order chi connectivity index (χ1) is 8.13. The first-order valence-corrected chi connectivity index (χ1v) is 5.87. The minimum Gasteiger partial charge on any atom is -0.369 e. The number of hydrogen-bond acceptors (Lipinski definition) is 1. The van der Waals surface area contributed by atoms with Crippen molar-refractivity contribution in [2.75, 3.05) is 0 Å². The molecule has 2 aliphatic rings. The number of alkyl halides is 5. The molecule has 0 aromatic rings. The number of carbonyl (C=O) groups is 1. The number of carbonyl (C=O) groups excluding carboxylic acids is 1. The molecule has 18 heavy (non-hydrogen) atoms. The number of halogens is 5. The summed E-state index contributed by atoms with van der Waals surface area (Å²) in [4.78, 5) is 11.1. The number of primary amides is 1. The van der Waals surface area contributed by atoms with Gasteiger partial charge in [0.05, 0.1) is 0 Å². The van der Waals surface area contributed by atoms with Gasteiger partial charge in [0, 0.05) is 12.3 Å². The molecular weight excluding hydrogens is 257 g/mol. The molecule has 0 spiro atoms. The lowest BCUT2D eigenvalue weighted by atomic mass is 9.79. The highest BCUT2D eigenvalue weighted by Crippen LogP contribution is 2.68. The second-order valence-electron chi connectivity index (χ2n) is 5.26. The van der Waals surface area contributed by atoms with E-state index in [1.807, 2.05) is 0 Å². The van der Waals surface area contributed by atoms with Crippen LogP contribution in [0, 0.1) is 17.3 Å². The summed E-state index contributed by atoms with van der Waals surface area (Å²) >= 11 is 0. The summed E-state index contributed by atoms with van der Waals surface area (Å²) in [6, 6.07) is 0. The van der Waals surface area contributed by atoms with E-state index in [4.69, 9.17) is 5.73 Å². The number of hydrogen-bond donors (Lipinski definition) is 1. The molecule has 3 unspecified atom stereocenters. The average molecular weight is 271 g/mol. The molecule has 0 saturated heterocycles. The quantitative estimate of drug-likeness (QED) is 0.771.